The molecule has 0 saturated heterocycles. The second-order valence-electron chi connectivity index (χ2n) is 6.73. The summed E-state index contributed by atoms with van der Waals surface area (Å²) in [6.45, 7) is 2.34. The molecule has 1 heterocycles. The van der Waals surface area contributed by atoms with E-state index in [9.17, 15) is 18.0 Å². The molecule has 0 aliphatic rings. The minimum Gasteiger partial charge on any atom is -0.493 e. The maximum atomic E-state index is 12.7. The van der Waals surface area contributed by atoms with E-state index < -0.39 is 17.7 Å². The van der Waals surface area contributed by atoms with Crippen LogP contribution in [0.15, 0.2) is 48.5 Å². The van der Waals surface area contributed by atoms with Crippen molar-refractivity contribution in [2.45, 2.75) is 32.4 Å². The number of hydrogen-bond donors (Lipinski definition) is 1. The van der Waals surface area contributed by atoms with E-state index in [4.69, 9.17) is 9.84 Å². The molecule has 0 bridgehead atoms. The molecule has 0 aliphatic carbocycles. The van der Waals surface area contributed by atoms with E-state index in [1.807, 2.05) is 19.1 Å². The highest BCUT2D eigenvalue weighted by molar-refractivity contribution is 7.15. The Kier molecular flexibility index (Phi) is 6.77. The van der Waals surface area contributed by atoms with Gasteiger partial charge in [-0.1, -0.05) is 24.3 Å². The Morgan fingerprint density at radius 1 is 1.07 bits per heavy atom. The summed E-state index contributed by atoms with van der Waals surface area (Å²) in [5.74, 6) is -0.144. The number of benzene rings is 2. The van der Waals surface area contributed by atoms with Crippen LogP contribution in [0, 0.1) is 6.92 Å². The Labute approximate surface area is 176 Å². The molecule has 0 atom stereocenters. The molecule has 8 heteroatoms. The minimum absolute atomic E-state index is 0.0879. The van der Waals surface area contributed by atoms with Crippen LogP contribution in [-0.2, 0) is 23.8 Å². The fourth-order valence-electron chi connectivity index (χ4n) is 2.85. The van der Waals surface area contributed by atoms with Crippen LogP contribution in [0.5, 0.6) is 5.75 Å². The number of nitrogens with zero attached hydrogens (tertiary/aromatic N) is 1. The number of carboxylic acid groups (broad SMARTS) is 1. The third-order valence-corrected chi connectivity index (χ3v) is 5.57. The van der Waals surface area contributed by atoms with Crippen molar-refractivity contribution in [3.05, 3.63) is 70.2 Å². The summed E-state index contributed by atoms with van der Waals surface area (Å²) in [6.07, 6.45) is -3.22. The average molecular weight is 435 g/mol. The maximum Gasteiger partial charge on any atom is 0.416 e. The van der Waals surface area contributed by atoms with Gasteiger partial charge in [0.05, 0.1) is 17.9 Å². The van der Waals surface area contributed by atoms with E-state index >= 15 is 0 Å². The zero-order valence-corrected chi connectivity index (χ0v) is 17.0. The molecule has 158 valence electrons. The standard InChI is InChI=1S/C22H20F3NO3S/c1-14-19(12-13-29-18-9-2-15(3-10-18)4-11-20(27)28)26-21(30-14)16-5-7-17(8-6-16)22(23,24)25/h2-3,5-10H,4,11-13H2,1H3,(H,27,28). The molecule has 0 amide bonds. The number of hydrogen-bond acceptors (Lipinski definition) is 4. The molecule has 0 aliphatic heterocycles. The van der Waals surface area contributed by atoms with Crippen LogP contribution >= 0.6 is 11.3 Å². The van der Waals surface area contributed by atoms with Crippen LogP contribution in [0.2, 0.25) is 0 Å². The lowest BCUT2D eigenvalue weighted by Gasteiger charge is -2.07. The fraction of sp³-hybridized carbons (Fsp3) is 0.273. The first-order valence-electron chi connectivity index (χ1n) is 9.30. The van der Waals surface area contributed by atoms with E-state index in [0.29, 0.717) is 35.8 Å². The number of thiazole rings is 1. The maximum absolute atomic E-state index is 12.7. The smallest absolute Gasteiger partial charge is 0.416 e. The van der Waals surface area contributed by atoms with Crippen molar-refractivity contribution in [2.75, 3.05) is 6.61 Å². The Bertz CT molecular complexity index is 996. The molecule has 0 radical (unpaired) electrons. The average Bonchev–Trinajstić information content (AvgIpc) is 3.07. The third kappa shape index (κ3) is 5.82. The summed E-state index contributed by atoms with van der Waals surface area (Å²) in [5.41, 5.74) is 1.76. The van der Waals surface area contributed by atoms with Gasteiger partial charge in [0.1, 0.15) is 10.8 Å². The van der Waals surface area contributed by atoms with Gasteiger partial charge in [0, 0.05) is 23.3 Å². The van der Waals surface area contributed by atoms with Crippen LogP contribution in [0.4, 0.5) is 13.2 Å². The van der Waals surface area contributed by atoms with Crippen molar-refractivity contribution < 1.29 is 27.8 Å². The van der Waals surface area contributed by atoms with Gasteiger partial charge in [-0.25, -0.2) is 4.98 Å². The van der Waals surface area contributed by atoms with Crippen molar-refractivity contribution in [2.24, 2.45) is 0 Å². The highest BCUT2D eigenvalue weighted by Gasteiger charge is 2.30. The lowest BCUT2D eigenvalue weighted by Crippen LogP contribution is -2.04. The molecule has 30 heavy (non-hydrogen) atoms. The number of carbonyl (C=O) groups is 1. The van der Waals surface area contributed by atoms with E-state index in [0.717, 1.165) is 28.3 Å². The Balaban J connectivity index is 1.57. The van der Waals surface area contributed by atoms with Gasteiger partial charge >= 0.3 is 12.1 Å². The topological polar surface area (TPSA) is 59.4 Å². The zero-order valence-electron chi connectivity index (χ0n) is 16.2. The molecule has 3 aromatic rings. The van der Waals surface area contributed by atoms with Crippen molar-refractivity contribution in [3.63, 3.8) is 0 Å². The first-order chi connectivity index (χ1) is 14.2. The number of rotatable bonds is 8. The molecule has 0 unspecified atom stereocenters. The highest BCUT2D eigenvalue weighted by Crippen LogP contribution is 2.33. The van der Waals surface area contributed by atoms with Gasteiger partial charge in [0.15, 0.2) is 0 Å². The molecule has 0 fully saturated rings. The predicted molar refractivity (Wildman–Crippen MR) is 109 cm³/mol. The third-order valence-electron chi connectivity index (χ3n) is 4.51. The normalized spacial score (nSPS) is 11.5. The summed E-state index contributed by atoms with van der Waals surface area (Å²) < 4.78 is 43.9. The van der Waals surface area contributed by atoms with Crippen molar-refractivity contribution in [1.82, 2.24) is 4.98 Å². The van der Waals surface area contributed by atoms with Gasteiger partial charge < -0.3 is 9.84 Å². The minimum atomic E-state index is -4.35. The molecule has 1 aromatic heterocycles. The lowest BCUT2D eigenvalue weighted by molar-refractivity contribution is -0.138. The van der Waals surface area contributed by atoms with Gasteiger partial charge in [0.2, 0.25) is 0 Å². The SMILES string of the molecule is Cc1sc(-c2ccc(C(F)(F)F)cc2)nc1CCOc1ccc(CCC(=O)O)cc1. The number of alkyl halides is 3. The molecule has 1 N–H and O–H groups in total. The van der Waals surface area contributed by atoms with E-state index in [1.54, 1.807) is 12.1 Å². The first-order valence-corrected chi connectivity index (χ1v) is 10.1. The van der Waals surface area contributed by atoms with E-state index in [-0.39, 0.29) is 6.42 Å². The number of aryl methyl sites for hydroxylation is 2. The molecular formula is C22H20F3NO3S. The van der Waals surface area contributed by atoms with Crippen molar-refractivity contribution >= 4 is 17.3 Å². The van der Waals surface area contributed by atoms with Crippen molar-refractivity contribution in [3.8, 4) is 16.3 Å². The van der Waals surface area contributed by atoms with Crippen LogP contribution in [0.3, 0.4) is 0 Å². The van der Waals surface area contributed by atoms with Gasteiger partial charge in [0.25, 0.3) is 0 Å². The number of halogens is 3. The van der Waals surface area contributed by atoms with Crippen LogP contribution in [-0.4, -0.2) is 22.7 Å². The van der Waals surface area contributed by atoms with E-state index in [2.05, 4.69) is 4.98 Å². The molecule has 4 nitrogen and oxygen atoms in total. The van der Waals surface area contributed by atoms with Crippen LogP contribution in [0.25, 0.3) is 10.6 Å². The molecule has 2 aromatic carbocycles. The first kappa shape index (κ1) is 21.8. The largest absolute Gasteiger partial charge is 0.493 e. The number of carboxylic acids is 1. The Morgan fingerprint density at radius 3 is 2.33 bits per heavy atom. The summed E-state index contributed by atoms with van der Waals surface area (Å²) in [5, 5.41) is 9.40. The number of aromatic nitrogens is 1. The number of aliphatic carboxylic acids is 1. The zero-order chi connectivity index (χ0) is 21.7. The second kappa shape index (κ2) is 9.30. The number of ether oxygens (including phenoxy) is 1. The molecule has 0 spiro atoms. The molecule has 3 rings (SSSR count). The quantitative estimate of drug-likeness (QED) is 0.488. The van der Waals surface area contributed by atoms with Gasteiger partial charge in [-0.05, 0) is 43.2 Å². The lowest BCUT2D eigenvalue weighted by atomic mass is 10.1. The summed E-state index contributed by atoms with van der Waals surface area (Å²) in [4.78, 5) is 16.2. The van der Waals surface area contributed by atoms with Crippen LogP contribution in [0.1, 0.15) is 28.1 Å². The fourth-order valence-corrected chi connectivity index (χ4v) is 3.82. The summed E-state index contributed by atoms with van der Waals surface area (Å²) in [7, 11) is 0. The molecule has 0 saturated carbocycles. The van der Waals surface area contributed by atoms with Crippen molar-refractivity contribution in [1.29, 1.82) is 0 Å². The summed E-state index contributed by atoms with van der Waals surface area (Å²) >= 11 is 1.44. The van der Waals surface area contributed by atoms with Crippen LogP contribution < -0.4 is 4.74 Å². The highest BCUT2D eigenvalue weighted by atomic mass is 32.1. The predicted octanol–water partition coefficient (Wildman–Crippen LogP) is 5.78. The van der Waals surface area contributed by atoms with Gasteiger partial charge in [-0.3, -0.25) is 4.79 Å². The summed E-state index contributed by atoms with van der Waals surface area (Å²) in [6, 6.07) is 12.3. The Morgan fingerprint density at radius 2 is 1.73 bits per heavy atom. The van der Waals surface area contributed by atoms with Gasteiger partial charge in [-0.15, -0.1) is 11.3 Å². The van der Waals surface area contributed by atoms with E-state index in [1.165, 1.54) is 23.5 Å². The monoisotopic (exact) mass is 435 g/mol. The van der Waals surface area contributed by atoms with Gasteiger partial charge in [-0.2, -0.15) is 13.2 Å². The molecular weight excluding hydrogens is 415 g/mol. The Hall–Kier alpha value is -2.87. The second-order valence-corrected chi connectivity index (χ2v) is 7.94.